The van der Waals surface area contributed by atoms with Crippen molar-refractivity contribution in [3.05, 3.63) is 54.1 Å². The van der Waals surface area contributed by atoms with Crippen LogP contribution in [0.2, 0.25) is 0 Å². The first-order chi connectivity index (χ1) is 10.7. The molecule has 0 saturated heterocycles. The molecule has 0 fully saturated rings. The largest absolute Gasteiger partial charge is 0.459 e. The number of nitrogens with zero attached hydrogens (tertiary/aromatic N) is 3. The first-order valence-electron chi connectivity index (χ1n) is 6.82. The molecule has 0 radical (unpaired) electrons. The van der Waals surface area contributed by atoms with Crippen LogP contribution in [0.25, 0.3) is 16.9 Å². The Kier molecular flexibility index (Phi) is 5.05. The first kappa shape index (κ1) is 16.6. The zero-order valence-corrected chi connectivity index (χ0v) is 12.0. The molecule has 120 valence electrons. The van der Waals surface area contributed by atoms with E-state index < -0.39 is 12.6 Å². The monoisotopic (exact) mass is 315 g/mol. The van der Waals surface area contributed by atoms with Crippen molar-refractivity contribution in [2.24, 2.45) is 0 Å². The summed E-state index contributed by atoms with van der Waals surface area (Å²) in [6, 6.07) is 7.19. The van der Waals surface area contributed by atoms with Gasteiger partial charge in [-0.25, -0.2) is 14.2 Å². The molecular weight excluding hydrogens is 297 g/mol. The summed E-state index contributed by atoms with van der Waals surface area (Å²) >= 11 is 0. The average molecular weight is 315 g/mol. The topological polar surface area (TPSA) is 56.5 Å². The van der Waals surface area contributed by atoms with Crippen LogP contribution in [0.5, 0.6) is 0 Å². The Hall–Kier alpha value is -2.76. The summed E-state index contributed by atoms with van der Waals surface area (Å²) < 4.78 is 18.6. The highest BCUT2D eigenvalue weighted by Gasteiger charge is 2.10. The molecule has 0 spiro atoms. The number of aryl methyl sites for hydroxylation is 1. The first-order valence-corrected chi connectivity index (χ1v) is 6.82. The van der Waals surface area contributed by atoms with Gasteiger partial charge in [0.25, 0.3) is 0 Å². The minimum Gasteiger partial charge on any atom is -0.459 e. The van der Waals surface area contributed by atoms with Crippen LogP contribution in [0.15, 0.2) is 42.9 Å². The second kappa shape index (κ2) is 7.00. The number of aromatic nitrogens is 3. The number of imidazole rings is 1. The van der Waals surface area contributed by atoms with E-state index in [2.05, 4.69) is 9.97 Å². The summed E-state index contributed by atoms with van der Waals surface area (Å²) in [6.07, 6.45) is 5.19. The average Bonchev–Trinajstić information content (AvgIpc) is 2.96. The Balaban J connectivity index is 0.00000192. The molecule has 0 aliphatic heterocycles. The van der Waals surface area contributed by atoms with Gasteiger partial charge in [-0.05, 0) is 31.2 Å². The van der Waals surface area contributed by atoms with Gasteiger partial charge in [0.15, 0.2) is 0 Å². The summed E-state index contributed by atoms with van der Waals surface area (Å²) in [5.74, 6) is -0.549. The van der Waals surface area contributed by atoms with Gasteiger partial charge in [0.1, 0.15) is 18.9 Å². The second-order valence-corrected chi connectivity index (χ2v) is 4.82. The Morgan fingerprint density at radius 1 is 1.26 bits per heavy atom. The van der Waals surface area contributed by atoms with E-state index in [-0.39, 0.29) is 14.0 Å². The zero-order chi connectivity index (χ0) is 15.5. The van der Waals surface area contributed by atoms with Crippen molar-refractivity contribution >= 4 is 11.6 Å². The normalized spacial score (nSPS) is 10.3. The van der Waals surface area contributed by atoms with Gasteiger partial charge in [-0.2, -0.15) is 0 Å². The van der Waals surface area contributed by atoms with Crippen LogP contribution in [0.3, 0.4) is 0 Å². The van der Waals surface area contributed by atoms with Crippen LogP contribution in [-0.4, -0.2) is 33.6 Å². The number of hydrogen-bond donors (Lipinski definition) is 0. The number of carbonyl (C=O) groups excluding carboxylic acids is 1. The number of esters is 1. The van der Waals surface area contributed by atoms with E-state index in [0.29, 0.717) is 11.2 Å². The van der Waals surface area contributed by atoms with Crippen LogP contribution in [0.1, 0.15) is 23.5 Å². The summed E-state index contributed by atoms with van der Waals surface area (Å²) in [4.78, 5) is 20.5. The molecular formula is C17H18FN3O2. The fourth-order valence-corrected chi connectivity index (χ4v) is 2.09. The van der Waals surface area contributed by atoms with E-state index >= 15 is 0 Å². The molecule has 3 aromatic rings. The highest BCUT2D eigenvalue weighted by molar-refractivity contribution is 5.89. The quantitative estimate of drug-likeness (QED) is 0.692. The summed E-state index contributed by atoms with van der Waals surface area (Å²) in [5, 5.41) is 0. The lowest BCUT2D eigenvalue weighted by atomic mass is 10.2. The fourth-order valence-electron chi connectivity index (χ4n) is 2.09. The van der Waals surface area contributed by atoms with Crippen molar-refractivity contribution in [2.75, 3.05) is 13.3 Å². The van der Waals surface area contributed by atoms with E-state index in [1.165, 1.54) is 0 Å². The molecule has 3 heterocycles. The van der Waals surface area contributed by atoms with Gasteiger partial charge in [0, 0.05) is 29.8 Å². The lowest BCUT2D eigenvalue weighted by Gasteiger charge is -2.02. The van der Waals surface area contributed by atoms with Crippen molar-refractivity contribution in [2.45, 2.75) is 14.4 Å². The summed E-state index contributed by atoms with van der Waals surface area (Å²) in [6.45, 7) is 0.994. The van der Waals surface area contributed by atoms with Gasteiger partial charge in [-0.1, -0.05) is 7.43 Å². The third kappa shape index (κ3) is 3.53. The molecule has 0 aliphatic rings. The molecule has 0 bridgehead atoms. The predicted octanol–water partition coefficient (Wildman–Crippen LogP) is 3.47. The van der Waals surface area contributed by atoms with Crippen molar-refractivity contribution in [1.82, 2.24) is 14.4 Å². The van der Waals surface area contributed by atoms with Crippen LogP contribution < -0.4 is 0 Å². The van der Waals surface area contributed by atoms with Crippen LogP contribution in [0.4, 0.5) is 4.39 Å². The predicted molar refractivity (Wildman–Crippen MR) is 86.1 cm³/mol. The van der Waals surface area contributed by atoms with E-state index in [1.54, 1.807) is 28.9 Å². The molecule has 6 heteroatoms. The number of rotatable bonds is 4. The third-order valence-electron chi connectivity index (χ3n) is 3.20. The van der Waals surface area contributed by atoms with Crippen LogP contribution >= 0.6 is 0 Å². The van der Waals surface area contributed by atoms with Gasteiger partial charge in [0.2, 0.25) is 0 Å². The number of alkyl halides is 1. The molecule has 23 heavy (non-hydrogen) atoms. The van der Waals surface area contributed by atoms with Crippen LogP contribution in [0, 0.1) is 6.92 Å². The number of carbonyl (C=O) groups is 1. The van der Waals surface area contributed by atoms with Gasteiger partial charge in [-0.3, -0.25) is 4.98 Å². The maximum Gasteiger partial charge on any atom is 0.339 e. The Labute approximate surface area is 133 Å². The molecule has 3 rings (SSSR count). The van der Waals surface area contributed by atoms with Crippen LogP contribution in [-0.2, 0) is 4.74 Å². The highest BCUT2D eigenvalue weighted by Crippen LogP contribution is 2.19. The molecule has 3 aromatic heterocycles. The standard InChI is InChI=1S/C16H14FN3O2.CH4/c1-11-2-3-12(8-18-11)14-10-20-9-13(4-5-15(20)19-14)16(21)22-7-6-17;/h2-5,8-10H,6-7H2,1H3;1H4. The fraction of sp³-hybridized carbons (Fsp3) is 0.235. The second-order valence-electron chi connectivity index (χ2n) is 4.82. The zero-order valence-electron chi connectivity index (χ0n) is 12.0. The number of halogens is 1. The van der Waals surface area contributed by atoms with Crippen molar-refractivity contribution in [3.63, 3.8) is 0 Å². The summed E-state index contributed by atoms with van der Waals surface area (Å²) in [5.41, 5.74) is 3.66. The maximum atomic E-state index is 12.0. The van der Waals surface area contributed by atoms with E-state index in [4.69, 9.17) is 4.74 Å². The van der Waals surface area contributed by atoms with E-state index in [0.717, 1.165) is 17.0 Å². The molecule has 0 atom stereocenters. The van der Waals surface area contributed by atoms with E-state index in [9.17, 15) is 9.18 Å². The number of ether oxygens (including phenoxy) is 1. The van der Waals surface area contributed by atoms with Gasteiger partial charge in [0.05, 0.1) is 11.3 Å². The van der Waals surface area contributed by atoms with Crippen molar-refractivity contribution < 1.29 is 13.9 Å². The Morgan fingerprint density at radius 2 is 2.09 bits per heavy atom. The number of pyridine rings is 2. The molecule has 0 amide bonds. The van der Waals surface area contributed by atoms with E-state index in [1.807, 2.05) is 25.3 Å². The summed E-state index contributed by atoms with van der Waals surface area (Å²) in [7, 11) is 0. The maximum absolute atomic E-state index is 12.0. The van der Waals surface area contributed by atoms with Crippen molar-refractivity contribution in [3.8, 4) is 11.3 Å². The Bertz CT molecular complexity index is 812. The number of hydrogen-bond acceptors (Lipinski definition) is 4. The minimum absolute atomic E-state index is 0. The molecule has 0 N–H and O–H groups in total. The molecule has 0 aliphatic carbocycles. The SMILES string of the molecule is C.Cc1ccc(-c2cn3cc(C(=O)OCCF)ccc3n2)cn1. The minimum atomic E-state index is -0.691. The Morgan fingerprint density at radius 3 is 2.78 bits per heavy atom. The highest BCUT2D eigenvalue weighted by atomic mass is 19.1. The molecule has 5 nitrogen and oxygen atoms in total. The van der Waals surface area contributed by atoms with Gasteiger partial charge >= 0.3 is 5.97 Å². The third-order valence-corrected chi connectivity index (χ3v) is 3.20. The molecule has 0 aromatic carbocycles. The van der Waals surface area contributed by atoms with Crippen molar-refractivity contribution in [1.29, 1.82) is 0 Å². The smallest absolute Gasteiger partial charge is 0.339 e. The molecule has 0 unspecified atom stereocenters. The lowest BCUT2D eigenvalue weighted by Crippen LogP contribution is -2.08. The molecule has 0 saturated carbocycles. The van der Waals surface area contributed by atoms with Gasteiger partial charge in [-0.15, -0.1) is 0 Å². The van der Waals surface area contributed by atoms with Gasteiger partial charge < -0.3 is 9.14 Å². The number of fused-ring (bicyclic) bond motifs is 1. The lowest BCUT2D eigenvalue weighted by molar-refractivity contribution is 0.0480.